The lowest BCUT2D eigenvalue weighted by atomic mass is 10.1. The van der Waals surface area contributed by atoms with Gasteiger partial charge in [-0.15, -0.1) is 0 Å². The largest absolute Gasteiger partial charge is 0.239 e. The molecule has 2 aromatic heterocycles. The van der Waals surface area contributed by atoms with E-state index in [-0.39, 0.29) is 5.82 Å². The Morgan fingerprint density at radius 1 is 1.17 bits per heavy atom. The van der Waals surface area contributed by atoms with Crippen LogP contribution in [0.15, 0.2) is 42.6 Å². The fourth-order valence-electron chi connectivity index (χ4n) is 1.84. The molecule has 18 heavy (non-hydrogen) atoms. The van der Waals surface area contributed by atoms with E-state index in [0.29, 0.717) is 23.0 Å². The van der Waals surface area contributed by atoms with Gasteiger partial charge in [0, 0.05) is 6.42 Å². The number of fused-ring (bicyclic) bond motifs is 1. The lowest BCUT2D eigenvalue weighted by Gasteiger charge is -2.02. The Hall–Kier alpha value is -1.94. The number of hydrogen-bond donors (Lipinski definition) is 0. The molecule has 0 aliphatic rings. The van der Waals surface area contributed by atoms with Crippen LogP contribution in [0, 0.1) is 5.82 Å². The number of halogens is 2. The van der Waals surface area contributed by atoms with Crippen LogP contribution in [0.4, 0.5) is 4.39 Å². The van der Waals surface area contributed by atoms with Crippen molar-refractivity contribution in [1.29, 1.82) is 0 Å². The van der Waals surface area contributed by atoms with Crippen molar-refractivity contribution in [3.05, 3.63) is 65.0 Å². The van der Waals surface area contributed by atoms with E-state index >= 15 is 0 Å². The van der Waals surface area contributed by atoms with E-state index in [0.717, 1.165) is 5.52 Å². The summed E-state index contributed by atoms with van der Waals surface area (Å²) in [6.45, 7) is 0. The van der Waals surface area contributed by atoms with Crippen LogP contribution in [-0.4, -0.2) is 14.6 Å². The van der Waals surface area contributed by atoms with Gasteiger partial charge < -0.3 is 0 Å². The van der Waals surface area contributed by atoms with Gasteiger partial charge in [0.2, 0.25) is 0 Å². The van der Waals surface area contributed by atoms with Gasteiger partial charge >= 0.3 is 0 Å². The molecule has 0 aliphatic carbocycles. The number of rotatable bonds is 2. The molecule has 0 saturated heterocycles. The van der Waals surface area contributed by atoms with Gasteiger partial charge in [-0.25, -0.2) is 13.9 Å². The second kappa shape index (κ2) is 4.38. The van der Waals surface area contributed by atoms with Gasteiger partial charge in [-0.05, 0) is 23.8 Å². The van der Waals surface area contributed by atoms with E-state index in [9.17, 15) is 4.39 Å². The molecule has 0 amide bonds. The Labute approximate surface area is 108 Å². The summed E-state index contributed by atoms with van der Waals surface area (Å²) >= 11 is 5.85. The van der Waals surface area contributed by atoms with Crippen LogP contribution in [-0.2, 0) is 6.42 Å². The van der Waals surface area contributed by atoms with Crippen molar-refractivity contribution in [2.75, 3.05) is 0 Å². The summed E-state index contributed by atoms with van der Waals surface area (Å²) in [4.78, 5) is 4.25. The van der Waals surface area contributed by atoms with Crippen LogP contribution in [0.2, 0.25) is 5.15 Å². The summed E-state index contributed by atoms with van der Waals surface area (Å²) in [5.41, 5.74) is 1.43. The molecule has 1 aromatic carbocycles. The predicted molar refractivity (Wildman–Crippen MR) is 67.2 cm³/mol. The van der Waals surface area contributed by atoms with Crippen molar-refractivity contribution < 1.29 is 4.39 Å². The third-order valence-corrected chi connectivity index (χ3v) is 2.93. The highest BCUT2D eigenvalue weighted by atomic mass is 35.5. The SMILES string of the molecule is Fc1ccccc1Cc1ncc2ccc(Cl)nn12. The summed E-state index contributed by atoms with van der Waals surface area (Å²) in [5.74, 6) is 0.425. The monoisotopic (exact) mass is 261 g/mol. The third-order valence-electron chi connectivity index (χ3n) is 2.73. The van der Waals surface area contributed by atoms with Crippen molar-refractivity contribution >= 4 is 17.1 Å². The first-order valence-corrected chi connectivity index (χ1v) is 5.84. The second-order valence-corrected chi connectivity index (χ2v) is 4.32. The average molecular weight is 262 g/mol. The fourth-order valence-corrected chi connectivity index (χ4v) is 1.98. The molecule has 0 radical (unpaired) electrons. The second-order valence-electron chi connectivity index (χ2n) is 3.94. The zero-order valence-electron chi connectivity index (χ0n) is 9.35. The first kappa shape index (κ1) is 11.2. The Morgan fingerprint density at radius 2 is 2.00 bits per heavy atom. The lowest BCUT2D eigenvalue weighted by molar-refractivity contribution is 0.611. The van der Waals surface area contributed by atoms with E-state index in [1.54, 1.807) is 35.0 Å². The Balaban J connectivity index is 2.05. The molecule has 0 bridgehead atoms. The van der Waals surface area contributed by atoms with Crippen LogP contribution < -0.4 is 0 Å². The number of nitrogens with zero attached hydrogens (tertiary/aromatic N) is 3. The van der Waals surface area contributed by atoms with Gasteiger partial charge in [-0.1, -0.05) is 29.8 Å². The maximum absolute atomic E-state index is 13.6. The smallest absolute Gasteiger partial charge is 0.150 e. The van der Waals surface area contributed by atoms with E-state index in [1.165, 1.54) is 6.07 Å². The molecule has 3 aromatic rings. The molecular weight excluding hydrogens is 253 g/mol. The third kappa shape index (κ3) is 1.95. The van der Waals surface area contributed by atoms with Crippen LogP contribution >= 0.6 is 11.6 Å². The maximum Gasteiger partial charge on any atom is 0.150 e. The molecule has 0 N–H and O–H groups in total. The normalized spacial score (nSPS) is 11.0. The first-order valence-electron chi connectivity index (χ1n) is 5.46. The molecule has 2 heterocycles. The lowest BCUT2D eigenvalue weighted by Crippen LogP contribution is -2.01. The fraction of sp³-hybridized carbons (Fsp3) is 0.0769. The Morgan fingerprint density at radius 3 is 2.83 bits per heavy atom. The molecule has 90 valence electrons. The van der Waals surface area contributed by atoms with Gasteiger partial charge in [-0.3, -0.25) is 0 Å². The highest BCUT2D eigenvalue weighted by Crippen LogP contribution is 2.14. The molecule has 0 unspecified atom stereocenters. The van der Waals surface area contributed by atoms with Crippen molar-refractivity contribution in [3.63, 3.8) is 0 Å². The van der Waals surface area contributed by atoms with Gasteiger partial charge in [0.1, 0.15) is 16.8 Å². The molecule has 0 fully saturated rings. The molecule has 0 spiro atoms. The predicted octanol–water partition coefficient (Wildman–Crippen LogP) is 3.11. The minimum absolute atomic E-state index is 0.240. The summed E-state index contributed by atoms with van der Waals surface area (Å²) in [5, 5.41) is 4.54. The van der Waals surface area contributed by atoms with Gasteiger partial charge in [0.15, 0.2) is 0 Å². The highest BCUT2D eigenvalue weighted by Gasteiger charge is 2.09. The Bertz CT molecular complexity index is 708. The van der Waals surface area contributed by atoms with Crippen LogP contribution in [0.5, 0.6) is 0 Å². The van der Waals surface area contributed by atoms with E-state index in [1.807, 2.05) is 6.07 Å². The van der Waals surface area contributed by atoms with Crippen LogP contribution in [0.25, 0.3) is 5.52 Å². The average Bonchev–Trinajstić information content (AvgIpc) is 2.75. The zero-order chi connectivity index (χ0) is 12.5. The Kier molecular flexibility index (Phi) is 2.72. The quantitative estimate of drug-likeness (QED) is 0.710. The maximum atomic E-state index is 13.6. The minimum atomic E-state index is -0.240. The first-order chi connectivity index (χ1) is 8.74. The van der Waals surface area contributed by atoms with Crippen molar-refractivity contribution in [1.82, 2.24) is 14.6 Å². The summed E-state index contributed by atoms with van der Waals surface area (Å²) < 4.78 is 15.2. The molecule has 3 nitrogen and oxygen atoms in total. The van der Waals surface area contributed by atoms with Gasteiger partial charge in [-0.2, -0.15) is 5.10 Å². The van der Waals surface area contributed by atoms with Gasteiger partial charge in [0.05, 0.1) is 11.7 Å². The van der Waals surface area contributed by atoms with Crippen molar-refractivity contribution in [2.24, 2.45) is 0 Å². The number of aromatic nitrogens is 3. The molecular formula is C13H9ClFN3. The van der Waals surface area contributed by atoms with Crippen LogP contribution in [0.3, 0.4) is 0 Å². The number of imidazole rings is 1. The minimum Gasteiger partial charge on any atom is -0.239 e. The number of hydrogen-bond acceptors (Lipinski definition) is 2. The molecule has 3 rings (SSSR count). The summed E-state index contributed by atoms with van der Waals surface area (Å²) in [7, 11) is 0. The van der Waals surface area contributed by atoms with Gasteiger partial charge in [0.25, 0.3) is 0 Å². The van der Waals surface area contributed by atoms with Crippen molar-refractivity contribution in [2.45, 2.75) is 6.42 Å². The molecule has 5 heteroatoms. The number of benzene rings is 1. The summed E-state index contributed by atoms with van der Waals surface area (Å²) in [6, 6.07) is 10.2. The van der Waals surface area contributed by atoms with E-state index in [4.69, 9.17) is 11.6 Å². The van der Waals surface area contributed by atoms with Crippen LogP contribution in [0.1, 0.15) is 11.4 Å². The standard InChI is InChI=1S/C13H9ClFN3/c14-12-6-5-10-8-16-13(18(10)17-12)7-9-3-1-2-4-11(9)15/h1-6,8H,7H2. The highest BCUT2D eigenvalue weighted by molar-refractivity contribution is 6.29. The molecule has 0 atom stereocenters. The topological polar surface area (TPSA) is 30.2 Å². The molecule has 0 saturated carbocycles. The van der Waals surface area contributed by atoms with Crippen molar-refractivity contribution in [3.8, 4) is 0 Å². The van der Waals surface area contributed by atoms with E-state index in [2.05, 4.69) is 10.1 Å². The zero-order valence-corrected chi connectivity index (χ0v) is 10.1. The summed E-state index contributed by atoms with van der Waals surface area (Å²) in [6.07, 6.45) is 2.08. The van der Waals surface area contributed by atoms with E-state index < -0.39 is 0 Å². The molecule has 0 aliphatic heterocycles.